The van der Waals surface area contributed by atoms with E-state index in [9.17, 15) is 4.79 Å². The molecule has 0 bridgehead atoms. The summed E-state index contributed by atoms with van der Waals surface area (Å²) in [6.07, 6.45) is 1.92. The van der Waals surface area contributed by atoms with E-state index in [1.54, 1.807) is 24.3 Å². The number of ether oxygens (including phenoxy) is 2. The quantitative estimate of drug-likeness (QED) is 0.856. The number of likely N-dealkylation sites (tertiary alicyclic amines) is 1. The molecular weight excluding hydrogens is 280 g/mol. The standard InChI is InChI=1S/C17H20N2O3/c1-12-16(3-2-8-21-12)17(20)19-10-15(11-19)22-14-6-4-13(9-18)5-7-14/h4-7,12,15-16H,2-3,8,10-11H2,1H3/t12-,16-/m0/s1. The molecular formula is C17H20N2O3. The molecule has 2 aliphatic rings. The normalized spacial score (nSPS) is 25.2. The molecule has 5 nitrogen and oxygen atoms in total. The lowest BCUT2D eigenvalue weighted by atomic mass is 9.92. The molecule has 1 amide bonds. The molecule has 5 heteroatoms. The van der Waals surface area contributed by atoms with Crippen LogP contribution < -0.4 is 4.74 Å². The predicted molar refractivity (Wildman–Crippen MR) is 80.3 cm³/mol. The van der Waals surface area contributed by atoms with Crippen molar-refractivity contribution in [3.63, 3.8) is 0 Å². The van der Waals surface area contributed by atoms with Crippen molar-refractivity contribution < 1.29 is 14.3 Å². The molecule has 2 atom stereocenters. The molecule has 2 saturated heterocycles. The molecule has 2 aliphatic heterocycles. The van der Waals surface area contributed by atoms with Crippen molar-refractivity contribution in [3.8, 4) is 11.8 Å². The Balaban J connectivity index is 1.49. The summed E-state index contributed by atoms with van der Waals surface area (Å²) < 4.78 is 11.4. The van der Waals surface area contributed by atoms with E-state index in [1.165, 1.54) is 0 Å². The highest BCUT2D eigenvalue weighted by molar-refractivity contribution is 5.80. The Morgan fingerprint density at radius 2 is 2.09 bits per heavy atom. The zero-order valence-corrected chi connectivity index (χ0v) is 12.7. The smallest absolute Gasteiger partial charge is 0.228 e. The van der Waals surface area contributed by atoms with Gasteiger partial charge in [-0.05, 0) is 44.0 Å². The number of carbonyl (C=O) groups excluding carboxylic acids is 1. The van der Waals surface area contributed by atoms with Gasteiger partial charge >= 0.3 is 0 Å². The molecule has 0 saturated carbocycles. The Bertz CT molecular complexity index is 573. The van der Waals surface area contributed by atoms with E-state index in [1.807, 2.05) is 11.8 Å². The van der Waals surface area contributed by atoms with Crippen molar-refractivity contribution in [2.75, 3.05) is 19.7 Å². The molecule has 0 aliphatic carbocycles. The molecule has 0 unspecified atom stereocenters. The Morgan fingerprint density at radius 3 is 2.73 bits per heavy atom. The van der Waals surface area contributed by atoms with Gasteiger partial charge < -0.3 is 14.4 Å². The molecule has 3 rings (SSSR count). The average molecular weight is 300 g/mol. The summed E-state index contributed by atoms with van der Waals surface area (Å²) in [6, 6.07) is 9.13. The van der Waals surface area contributed by atoms with Gasteiger partial charge in [-0.3, -0.25) is 4.79 Å². The summed E-state index contributed by atoms with van der Waals surface area (Å²) in [4.78, 5) is 14.3. The van der Waals surface area contributed by atoms with Crippen LogP contribution in [-0.2, 0) is 9.53 Å². The summed E-state index contributed by atoms with van der Waals surface area (Å²) in [5, 5.41) is 8.76. The topological polar surface area (TPSA) is 62.6 Å². The third-order valence-corrected chi connectivity index (χ3v) is 4.37. The van der Waals surface area contributed by atoms with Crippen LogP contribution in [0.3, 0.4) is 0 Å². The van der Waals surface area contributed by atoms with Crippen LogP contribution in [0.2, 0.25) is 0 Å². The molecule has 2 fully saturated rings. The molecule has 116 valence electrons. The molecule has 0 N–H and O–H groups in total. The first kappa shape index (κ1) is 14.9. The number of amides is 1. The van der Waals surface area contributed by atoms with Crippen LogP contribution >= 0.6 is 0 Å². The first-order valence-corrected chi connectivity index (χ1v) is 7.74. The van der Waals surface area contributed by atoms with Crippen molar-refractivity contribution in [2.24, 2.45) is 5.92 Å². The van der Waals surface area contributed by atoms with Gasteiger partial charge in [-0.15, -0.1) is 0 Å². The highest BCUT2D eigenvalue weighted by Gasteiger charge is 2.38. The average Bonchev–Trinajstić information content (AvgIpc) is 2.51. The minimum absolute atomic E-state index is 0.00962. The SMILES string of the molecule is C[C@@H]1OCCC[C@@H]1C(=O)N1CC(Oc2ccc(C#N)cc2)C1. The minimum atomic E-state index is -0.00962. The van der Waals surface area contributed by atoms with Gasteiger partial charge in [-0.2, -0.15) is 5.26 Å². The third-order valence-electron chi connectivity index (χ3n) is 4.37. The van der Waals surface area contributed by atoms with Gasteiger partial charge in [-0.25, -0.2) is 0 Å². The molecule has 1 aromatic carbocycles. The molecule has 2 heterocycles. The molecule has 0 spiro atoms. The van der Waals surface area contributed by atoms with E-state index < -0.39 is 0 Å². The van der Waals surface area contributed by atoms with E-state index in [0.717, 1.165) is 25.2 Å². The first-order valence-electron chi connectivity index (χ1n) is 7.74. The monoisotopic (exact) mass is 300 g/mol. The fraction of sp³-hybridized carbons (Fsp3) is 0.529. The van der Waals surface area contributed by atoms with Crippen molar-refractivity contribution >= 4 is 5.91 Å². The van der Waals surface area contributed by atoms with Crippen molar-refractivity contribution in [1.29, 1.82) is 5.26 Å². The lowest BCUT2D eigenvalue weighted by Crippen LogP contribution is -2.59. The number of nitrogens with zero attached hydrogens (tertiary/aromatic N) is 2. The number of rotatable bonds is 3. The van der Waals surface area contributed by atoms with Crippen LogP contribution in [0.25, 0.3) is 0 Å². The maximum absolute atomic E-state index is 12.4. The number of benzene rings is 1. The van der Waals surface area contributed by atoms with Gasteiger partial charge in [0.15, 0.2) is 0 Å². The zero-order chi connectivity index (χ0) is 15.5. The van der Waals surface area contributed by atoms with E-state index in [2.05, 4.69) is 6.07 Å². The third kappa shape index (κ3) is 3.07. The highest BCUT2D eigenvalue weighted by Crippen LogP contribution is 2.26. The van der Waals surface area contributed by atoms with Gasteiger partial charge in [0.25, 0.3) is 0 Å². The van der Waals surface area contributed by atoms with Gasteiger partial charge in [0.1, 0.15) is 11.9 Å². The molecule has 0 aromatic heterocycles. The first-order chi connectivity index (χ1) is 10.7. The number of hydrogen-bond acceptors (Lipinski definition) is 4. The summed E-state index contributed by atoms with van der Waals surface area (Å²) in [5.74, 6) is 0.918. The fourth-order valence-electron chi connectivity index (χ4n) is 2.98. The van der Waals surface area contributed by atoms with E-state index in [4.69, 9.17) is 14.7 Å². The van der Waals surface area contributed by atoms with Crippen molar-refractivity contribution in [2.45, 2.75) is 32.0 Å². The van der Waals surface area contributed by atoms with E-state index in [-0.39, 0.29) is 24.0 Å². The predicted octanol–water partition coefficient (Wildman–Crippen LogP) is 1.96. The van der Waals surface area contributed by atoms with Crippen LogP contribution in [0.5, 0.6) is 5.75 Å². The lowest BCUT2D eigenvalue weighted by Gasteiger charge is -2.42. The minimum Gasteiger partial charge on any atom is -0.487 e. The molecule has 0 radical (unpaired) electrons. The summed E-state index contributed by atoms with van der Waals surface area (Å²) in [7, 11) is 0. The maximum Gasteiger partial charge on any atom is 0.228 e. The fourth-order valence-corrected chi connectivity index (χ4v) is 2.98. The van der Waals surface area contributed by atoms with Gasteiger partial charge in [0.05, 0.1) is 36.7 Å². The highest BCUT2D eigenvalue weighted by atomic mass is 16.5. The van der Waals surface area contributed by atoms with Crippen LogP contribution in [0, 0.1) is 17.2 Å². The van der Waals surface area contributed by atoms with Gasteiger partial charge in [0, 0.05) is 6.61 Å². The van der Waals surface area contributed by atoms with Crippen LogP contribution in [0.1, 0.15) is 25.3 Å². The van der Waals surface area contributed by atoms with Crippen molar-refractivity contribution in [3.05, 3.63) is 29.8 Å². The number of carbonyl (C=O) groups is 1. The number of nitriles is 1. The second-order valence-electron chi connectivity index (χ2n) is 5.94. The molecule has 1 aromatic rings. The summed E-state index contributed by atoms with van der Waals surface area (Å²) >= 11 is 0. The lowest BCUT2D eigenvalue weighted by molar-refractivity contribution is -0.152. The zero-order valence-electron chi connectivity index (χ0n) is 12.7. The Kier molecular flexibility index (Phi) is 4.30. The largest absolute Gasteiger partial charge is 0.487 e. The van der Waals surface area contributed by atoms with Crippen LogP contribution in [-0.4, -0.2) is 42.7 Å². The van der Waals surface area contributed by atoms with Crippen LogP contribution in [0.15, 0.2) is 24.3 Å². The van der Waals surface area contributed by atoms with E-state index >= 15 is 0 Å². The van der Waals surface area contributed by atoms with Crippen LogP contribution in [0.4, 0.5) is 0 Å². The Morgan fingerprint density at radius 1 is 1.36 bits per heavy atom. The summed E-state index contributed by atoms with van der Waals surface area (Å²) in [6.45, 7) is 3.99. The Labute approximate surface area is 130 Å². The van der Waals surface area contributed by atoms with E-state index in [0.29, 0.717) is 18.7 Å². The summed E-state index contributed by atoms with van der Waals surface area (Å²) in [5.41, 5.74) is 0.615. The maximum atomic E-state index is 12.4. The number of hydrogen-bond donors (Lipinski definition) is 0. The Hall–Kier alpha value is -2.06. The van der Waals surface area contributed by atoms with Gasteiger partial charge in [-0.1, -0.05) is 0 Å². The van der Waals surface area contributed by atoms with Crippen molar-refractivity contribution in [1.82, 2.24) is 4.90 Å². The second kappa shape index (κ2) is 6.37. The molecule has 22 heavy (non-hydrogen) atoms. The second-order valence-corrected chi connectivity index (χ2v) is 5.94. The van der Waals surface area contributed by atoms with Gasteiger partial charge in [0.2, 0.25) is 5.91 Å².